The summed E-state index contributed by atoms with van der Waals surface area (Å²) in [6, 6.07) is -0.734. The lowest BCUT2D eigenvalue weighted by Gasteiger charge is -2.29. The van der Waals surface area contributed by atoms with Crippen molar-refractivity contribution in [1.29, 1.82) is 0 Å². The van der Waals surface area contributed by atoms with Crippen molar-refractivity contribution >= 4 is 17.8 Å². The highest BCUT2D eigenvalue weighted by Crippen LogP contribution is 2.03. The summed E-state index contributed by atoms with van der Waals surface area (Å²) in [5, 5.41) is 11.1. The molecule has 0 rings (SSSR count). The standard InChI is InChI=1S/C11H20N2O4/c1-7(2)13(6-5-10(15)16)11(17)8(3)12-9(4)14/h7-8H,5-6H2,1-4H3,(H,12,14)(H,15,16). The molecule has 0 saturated heterocycles. The molecule has 6 nitrogen and oxygen atoms in total. The summed E-state index contributed by atoms with van der Waals surface area (Å²) in [5.41, 5.74) is 0. The Labute approximate surface area is 101 Å². The number of amides is 2. The van der Waals surface area contributed by atoms with Crippen molar-refractivity contribution in [2.45, 2.75) is 46.2 Å². The summed E-state index contributed by atoms with van der Waals surface area (Å²) in [7, 11) is 0. The first-order chi connectivity index (χ1) is 7.75. The highest BCUT2D eigenvalue weighted by molar-refractivity contribution is 5.86. The number of rotatable bonds is 6. The molecule has 2 N–H and O–H groups in total. The van der Waals surface area contributed by atoms with Crippen LogP contribution in [0.1, 0.15) is 34.1 Å². The molecule has 0 aliphatic heterocycles. The molecule has 0 aromatic rings. The Morgan fingerprint density at radius 1 is 1.24 bits per heavy atom. The van der Waals surface area contributed by atoms with E-state index in [1.807, 2.05) is 0 Å². The summed E-state index contributed by atoms with van der Waals surface area (Å²) < 4.78 is 0. The molecule has 6 heteroatoms. The van der Waals surface area contributed by atoms with Crippen molar-refractivity contribution in [1.82, 2.24) is 10.2 Å². The van der Waals surface area contributed by atoms with E-state index in [4.69, 9.17) is 5.11 Å². The van der Waals surface area contributed by atoms with Gasteiger partial charge in [-0.3, -0.25) is 14.4 Å². The van der Waals surface area contributed by atoms with Crippen molar-refractivity contribution in [3.8, 4) is 0 Å². The highest BCUT2D eigenvalue weighted by atomic mass is 16.4. The van der Waals surface area contributed by atoms with E-state index in [-0.39, 0.29) is 30.8 Å². The Hall–Kier alpha value is -1.59. The van der Waals surface area contributed by atoms with Crippen LogP contribution >= 0.6 is 0 Å². The zero-order valence-electron chi connectivity index (χ0n) is 10.7. The molecule has 2 amide bonds. The third-order valence-corrected chi connectivity index (χ3v) is 2.26. The Morgan fingerprint density at radius 3 is 2.12 bits per heavy atom. The van der Waals surface area contributed by atoms with E-state index in [0.29, 0.717) is 0 Å². The van der Waals surface area contributed by atoms with Crippen molar-refractivity contribution in [2.75, 3.05) is 6.54 Å². The van der Waals surface area contributed by atoms with Crippen molar-refractivity contribution in [3.63, 3.8) is 0 Å². The largest absolute Gasteiger partial charge is 0.481 e. The van der Waals surface area contributed by atoms with Gasteiger partial charge in [0.05, 0.1) is 6.42 Å². The Balaban J connectivity index is 4.53. The van der Waals surface area contributed by atoms with Crippen LogP contribution in [0.3, 0.4) is 0 Å². The maximum Gasteiger partial charge on any atom is 0.305 e. The Bertz CT molecular complexity index is 302. The third-order valence-electron chi connectivity index (χ3n) is 2.26. The van der Waals surface area contributed by atoms with Gasteiger partial charge in [-0.25, -0.2) is 0 Å². The quantitative estimate of drug-likeness (QED) is 0.700. The van der Waals surface area contributed by atoms with Crippen LogP contribution in [0.15, 0.2) is 0 Å². The zero-order valence-corrected chi connectivity index (χ0v) is 10.7. The molecule has 0 aromatic heterocycles. The van der Waals surface area contributed by atoms with E-state index < -0.39 is 12.0 Å². The number of carboxylic acids is 1. The lowest BCUT2D eigenvalue weighted by Crippen LogP contribution is -2.49. The number of carbonyl (C=O) groups excluding carboxylic acids is 2. The molecule has 98 valence electrons. The first-order valence-corrected chi connectivity index (χ1v) is 5.55. The minimum atomic E-state index is -0.948. The fourth-order valence-corrected chi connectivity index (χ4v) is 1.45. The topological polar surface area (TPSA) is 86.7 Å². The van der Waals surface area contributed by atoms with Crippen LogP contribution in [0, 0.1) is 0 Å². The average Bonchev–Trinajstić information content (AvgIpc) is 2.15. The van der Waals surface area contributed by atoms with E-state index in [9.17, 15) is 14.4 Å². The maximum atomic E-state index is 12.0. The second-order valence-electron chi connectivity index (χ2n) is 4.19. The van der Waals surface area contributed by atoms with E-state index >= 15 is 0 Å². The molecule has 0 aliphatic rings. The van der Waals surface area contributed by atoms with Gasteiger partial charge in [0.25, 0.3) is 0 Å². The zero-order chi connectivity index (χ0) is 13.6. The summed E-state index contributed by atoms with van der Waals surface area (Å²) in [5.74, 6) is -1.50. The molecular weight excluding hydrogens is 224 g/mol. The highest BCUT2D eigenvalue weighted by Gasteiger charge is 2.23. The first kappa shape index (κ1) is 15.4. The molecular formula is C11H20N2O4. The van der Waals surface area contributed by atoms with Crippen LogP contribution < -0.4 is 5.32 Å². The summed E-state index contributed by atoms with van der Waals surface area (Å²) in [6.07, 6.45) is -0.100. The van der Waals surface area contributed by atoms with Gasteiger partial charge < -0.3 is 15.3 Å². The van der Waals surface area contributed by atoms with Crippen LogP contribution in [-0.2, 0) is 14.4 Å². The van der Waals surface area contributed by atoms with Gasteiger partial charge in [0.15, 0.2) is 0 Å². The smallest absolute Gasteiger partial charge is 0.305 e. The van der Waals surface area contributed by atoms with Gasteiger partial charge in [-0.05, 0) is 20.8 Å². The number of hydrogen-bond donors (Lipinski definition) is 2. The van der Waals surface area contributed by atoms with Crippen LogP contribution in [0.2, 0.25) is 0 Å². The van der Waals surface area contributed by atoms with Gasteiger partial charge in [-0.2, -0.15) is 0 Å². The third kappa shape index (κ3) is 5.89. The lowest BCUT2D eigenvalue weighted by atomic mass is 10.2. The normalized spacial score (nSPS) is 12.1. The number of nitrogens with zero attached hydrogens (tertiary/aromatic N) is 1. The van der Waals surface area contributed by atoms with E-state index in [0.717, 1.165) is 0 Å². The van der Waals surface area contributed by atoms with Gasteiger partial charge in [0.1, 0.15) is 6.04 Å². The average molecular weight is 244 g/mol. The fourth-order valence-electron chi connectivity index (χ4n) is 1.45. The van der Waals surface area contributed by atoms with Crippen LogP contribution in [0.5, 0.6) is 0 Å². The van der Waals surface area contributed by atoms with Crippen molar-refractivity contribution < 1.29 is 19.5 Å². The van der Waals surface area contributed by atoms with Gasteiger partial charge >= 0.3 is 5.97 Å². The van der Waals surface area contributed by atoms with E-state index in [1.165, 1.54) is 11.8 Å². The molecule has 0 bridgehead atoms. The lowest BCUT2D eigenvalue weighted by molar-refractivity contribution is -0.140. The monoisotopic (exact) mass is 244 g/mol. The molecule has 0 radical (unpaired) electrons. The number of nitrogens with one attached hydrogen (secondary N) is 1. The van der Waals surface area contributed by atoms with Crippen molar-refractivity contribution in [3.05, 3.63) is 0 Å². The predicted molar refractivity (Wildman–Crippen MR) is 62.4 cm³/mol. The Kier molecular flexibility index (Phi) is 6.23. The summed E-state index contributed by atoms with van der Waals surface area (Å²) in [4.78, 5) is 34.7. The molecule has 0 fully saturated rings. The summed E-state index contributed by atoms with van der Waals surface area (Å²) >= 11 is 0. The van der Waals surface area contributed by atoms with E-state index in [1.54, 1.807) is 20.8 Å². The maximum absolute atomic E-state index is 12.0. The van der Waals surface area contributed by atoms with E-state index in [2.05, 4.69) is 5.32 Å². The second kappa shape index (κ2) is 6.88. The fraction of sp³-hybridized carbons (Fsp3) is 0.727. The number of carboxylic acid groups (broad SMARTS) is 1. The van der Waals surface area contributed by atoms with Crippen LogP contribution in [0.25, 0.3) is 0 Å². The molecule has 0 heterocycles. The molecule has 0 saturated carbocycles. The van der Waals surface area contributed by atoms with Gasteiger partial charge in [0.2, 0.25) is 11.8 Å². The number of hydrogen-bond acceptors (Lipinski definition) is 3. The number of aliphatic carboxylic acids is 1. The first-order valence-electron chi connectivity index (χ1n) is 5.55. The van der Waals surface area contributed by atoms with Crippen LogP contribution in [0.4, 0.5) is 0 Å². The van der Waals surface area contributed by atoms with Gasteiger partial charge in [-0.1, -0.05) is 0 Å². The molecule has 0 aromatic carbocycles. The molecule has 0 aliphatic carbocycles. The number of carbonyl (C=O) groups is 3. The van der Waals surface area contributed by atoms with Crippen molar-refractivity contribution in [2.24, 2.45) is 0 Å². The predicted octanol–water partition coefficient (Wildman–Crippen LogP) is 0.223. The minimum absolute atomic E-state index is 0.0990. The Morgan fingerprint density at radius 2 is 1.76 bits per heavy atom. The SMILES string of the molecule is CC(=O)NC(C)C(=O)N(CCC(=O)O)C(C)C. The van der Waals surface area contributed by atoms with Gasteiger partial charge in [-0.15, -0.1) is 0 Å². The van der Waals surface area contributed by atoms with Crippen LogP contribution in [-0.4, -0.2) is 46.4 Å². The molecule has 1 atom stereocenters. The van der Waals surface area contributed by atoms with Gasteiger partial charge in [0, 0.05) is 19.5 Å². The molecule has 17 heavy (non-hydrogen) atoms. The molecule has 1 unspecified atom stereocenters. The molecule has 0 spiro atoms. The summed E-state index contributed by atoms with van der Waals surface area (Å²) in [6.45, 7) is 6.68. The minimum Gasteiger partial charge on any atom is -0.481 e. The second-order valence-corrected chi connectivity index (χ2v) is 4.19.